The van der Waals surface area contributed by atoms with E-state index in [1.807, 2.05) is 30.3 Å². The van der Waals surface area contributed by atoms with Crippen molar-refractivity contribution in [2.45, 2.75) is 38.0 Å². The first-order valence-corrected chi connectivity index (χ1v) is 12.3. The van der Waals surface area contributed by atoms with Crippen LogP contribution in [0.5, 0.6) is 11.5 Å². The van der Waals surface area contributed by atoms with E-state index in [1.165, 1.54) is 37.7 Å². The van der Waals surface area contributed by atoms with Crippen molar-refractivity contribution in [3.05, 3.63) is 95.1 Å². The summed E-state index contributed by atoms with van der Waals surface area (Å²) in [5.41, 5.74) is 3.27. The standard InChI is InChI=1S/C31H28O3/c32-31(33)25-3-1-2-21(15-25)5-4-20-6-10-28(11-7-20)34-29-12-8-24(9-13-29)30-26-16-22-14-23(18-26)19-27(30)17-22/h1-3,6-13,15,22-23,26-27,30H,14,16-19H2,(H,32,33). The highest BCUT2D eigenvalue weighted by Gasteiger charge is 2.48. The van der Waals surface area contributed by atoms with Crippen LogP contribution in [0, 0.1) is 35.5 Å². The van der Waals surface area contributed by atoms with Crippen LogP contribution >= 0.6 is 0 Å². The summed E-state index contributed by atoms with van der Waals surface area (Å²) in [6, 6.07) is 23.1. The fourth-order valence-electron chi connectivity index (χ4n) is 6.84. The van der Waals surface area contributed by atoms with Gasteiger partial charge >= 0.3 is 5.97 Å². The number of rotatable bonds is 4. The summed E-state index contributed by atoms with van der Waals surface area (Å²) in [7, 11) is 0. The second-order valence-corrected chi connectivity index (χ2v) is 10.3. The lowest BCUT2D eigenvalue weighted by Crippen LogP contribution is -2.43. The van der Waals surface area contributed by atoms with Crippen molar-refractivity contribution in [3.8, 4) is 23.3 Å². The van der Waals surface area contributed by atoms with Crippen molar-refractivity contribution < 1.29 is 14.6 Å². The molecule has 3 aromatic carbocycles. The SMILES string of the molecule is O=C(O)c1cccc(C#Cc2ccc(Oc3ccc(C4C5CC6CC(C5)CC4C6)cc3)cc2)c1. The molecule has 0 atom stereocenters. The number of carboxylic acids is 1. The Labute approximate surface area is 200 Å². The first-order valence-electron chi connectivity index (χ1n) is 12.3. The van der Waals surface area contributed by atoms with Crippen LogP contribution in [0.4, 0.5) is 0 Å². The largest absolute Gasteiger partial charge is 0.478 e. The molecule has 0 aliphatic heterocycles. The first kappa shape index (κ1) is 21.1. The summed E-state index contributed by atoms with van der Waals surface area (Å²) >= 11 is 0. The van der Waals surface area contributed by atoms with Crippen molar-refractivity contribution in [2.24, 2.45) is 23.7 Å². The van der Waals surface area contributed by atoms with Gasteiger partial charge in [0.25, 0.3) is 0 Å². The van der Waals surface area contributed by atoms with Crippen LogP contribution in [0.15, 0.2) is 72.8 Å². The molecule has 0 aromatic heterocycles. The highest BCUT2D eigenvalue weighted by molar-refractivity contribution is 5.88. The maximum Gasteiger partial charge on any atom is 0.335 e. The van der Waals surface area contributed by atoms with E-state index in [0.717, 1.165) is 46.7 Å². The van der Waals surface area contributed by atoms with Crippen LogP contribution < -0.4 is 4.74 Å². The van der Waals surface area contributed by atoms with Gasteiger partial charge in [-0.2, -0.15) is 0 Å². The van der Waals surface area contributed by atoms with E-state index in [1.54, 1.807) is 18.2 Å². The fourth-order valence-corrected chi connectivity index (χ4v) is 6.84. The molecule has 0 radical (unpaired) electrons. The number of ether oxygens (including phenoxy) is 1. The lowest BCUT2D eigenvalue weighted by molar-refractivity contribution is -0.00279. The molecule has 1 N–H and O–H groups in total. The molecule has 7 rings (SSSR count). The van der Waals surface area contributed by atoms with Crippen molar-refractivity contribution in [1.82, 2.24) is 0 Å². The van der Waals surface area contributed by atoms with Crippen LogP contribution in [0.1, 0.15) is 65.1 Å². The molecular weight excluding hydrogens is 420 g/mol. The third kappa shape index (κ3) is 4.21. The highest BCUT2D eigenvalue weighted by atomic mass is 16.5. The van der Waals surface area contributed by atoms with E-state index in [2.05, 4.69) is 36.1 Å². The van der Waals surface area contributed by atoms with Gasteiger partial charge in [0.15, 0.2) is 0 Å². The van der Waals surface area contributed by atoms with E-state index < -0.39 is 5.97 Å². The van der Waals surface area contributed by atoms with Gasteiger partial charge in [0.2, 0.25) is 0 Å². The zero-order chi connectivity index (χ0) is 23.1. The zero-order valence-electron chi connectivity index (χ0n) is 19.1. The monoisotopic (exact) mass is 448 g/mol. The maximum atomic E-state index is 11.1. The number of carbonyl (C=O) groups is 1. The third-order valence-corrected chi connectivity index (χ3v) is 8.04. The lowest BCUT2D eigenvalue weighted by atomic mass is 9.51. The summed E-state index contributed by atoms with van der Waals surface area (Å²) in [4.78, 5) is 11.1. The number of aromatic carboxylic acids is 1. The molecule has 4 bridgehead atoms. The van der Waals surface area contributed by atoms with E-state index in [-0.39, 0.29) is 5.56 Å². The van der Waals surface area contributed by atoms with Gasteiger partial charge < -0.3 is 9.84 Å². The van der Waals surface area contributed by atoms with E-state index in [0.29, 0.717) is 5.56 Å². The zero-order valence-corrected chi connectivity index (χ0v) is 19.1. The number of hydrogen-bond donors (Lipinski definition) is 1. The molecule has 0 saturated heterocycles. The number of hydrogen-bond acceptors (Lipinski definition) is 2. The normalized spacial score (nSPS) is 26.5. The van der Waals surface area contributed by atoms with Crippen LogP contribution in [-0.4, -0.2) is 11.1 Å². The molecule has 4 saturated carbocycles. The molecular formula is C31H28O3. The summed E-state index contributed by atoms with van der Waals surface area (Å²) < 4.78 is 6.09. The quantitative estimate of drug-likeness (QED) is 0.432. The molecule has 34 heavy (non-hydrogen) atoms. The molecule has 4 aliphatic carbocycles. The smallest absolute Gasteiger partial charge is 0.335 e. The Morgan fingerprint density at radius 2 is 1.32 bits per heavy atom. The van der Waals surface area contributed by atoms with Gasteiger partial charge in [-0.15, -0.1) is 0 Å². The molecule has 0 unspecified atom stereocenters. The minimum Gasteiger partial charge on any atom is -0.478 e. The minimum absolute atomic E-state index is 0.241. The average molecular weight is 449 g/mol. The Bertz CT molecular complexity index is 1230. The minimum atomic E-state index is -0.948. The summed E-state index contributed by atoms with van der Waals surface area (Å²) in [6.45, 7) is 0. The summed E-state index contributed by atoms with van der Waals surface area (Å²) in [5.74, 6) is 11.3. The number of benzene rings is 3. The van der Waals surface area contributed by atoms with Gasteiger partial charge in [-0.25, -0.2) is 4.79 Å². The fraction of sp³-hybridized carbons (Fsp3) is 0.323. The van der Waals surface area contributed by atoms with Gasteiger partial charge in [-0.1, -0.05) is 30.0 Å². The van der Waals surface area contributed by atoms with Crippen molar-refractivity contribution >= 4 is 5.97 Å². The maximum absolute atomic E-state index is 11.1. The third-order valence-electron chi connectivity index (χ3n) is 8.04. The predicted molar refractivity (Wildman–Crippen MR) is 132 cm³/mol. The summed E-state index contributed by atoms with van der Waals surface area (Å²) in [5, 5.41) is 9.11. The molecule has 4 fully saturated rings. The van der Waals surface area contributed by atoms with Gasteiger partial charge in [-0.3, -0.25) is 0 Å². The topological polar surface area (TPSA) is 46.5 Å². The first-order chi connectivity index (χ1) is 16.6. The molecule has 3 nitrogen and oxygen atoms in total. The summed E-state index contributed by atoms with van der Waals surface area (Å²) in [6.07, 6.45) is 7.26. The number of carboxylic acid groups (broad SMARTS) is 1. The van der Waals surface area contributed by atoms with Crippen LogP contribution in [0.2, 0.25) is 0 Å². The molecule has 4 aliphatic rings. The Morgan fingerprint density at radius 1 is 0.735 bits per heavy atom. The molecule has 170 valence electrons. The lowest BCUT2D eigenvalue weighted by Gasteiger charge is -2.54. The van der Waals surface area contributed by atoms with Crippen LogP contribution in [0.25, 0.3) is 0 Å². The highest BCUT2D eigenvalue weighted by Crippen LogP contribution is 2.59. The average Bonchev–Trinajstić information content (AvgIpc) is 2.84. The van der Waals surface area contributed by atoms with Crippen molar-refractivity contribution in [2.75, 3.05) is 0 Å². The Balaban J connectivity index is 1.11. The Morgan fingerprint density at radius 3 is 1.94 bits per heavy atom. The van der Waals surface area contributed by atoms with E-state index in [9.17, 15) is 4.79 Å². The van der Waals surface area contributed by atoms with Crippen molar-refractivity contribution in [3.63, 3.8) is 0 Å². The Kier molecular flexibility index (Phi) is 5.38. The van der Waals surface area contributed by atoms with Gasteiger partial charge in [0.05, 0.1) is 5.56 Å². The second kappa shape index (κ2) is 8.69. The second-order valence-electron chi connectivity index (χ2n) is 10.3. The molecule has 3 aromatic rings. The van der Waals surface area contributed by atoms with Crippen molar-refractivity contribution in [1.29, 1.82) is 0 Å². The Hall–Kier alpha value is -3.51. The van der Waals surface area contributed by atoms with Gasteiger partial charge in [-0.05, 0) is 122 Å². The molecule has 0 spiro atoms. The van der Waals surface area contributed by atoms with E-state index >= 15 is 0 Å². The van der Waals surface area contributed by atoms with E-state index in [4.69, 9.17) is 9.84 Å². The van der Waals surface area contributed by atoms with Crippen LogP contribution in [0.3, 0.4) is 0 Å². The molecule has 0 heterocycles. The molecule has 0 amide bonds. The van der Waals surface area contributed by atoms with Gasteiger partial charge in [0, 0.05) is 11.1 Å². The van der Waals surface area contributed by atoms with Gasteiger partial charge in [0.1, 0.15) is 11.5 Å². The predicted octanol–water partition coefficient (Wildman–Crippen LogP) is 7.12. The van der Waals surface area contributed by atoms with Crippen LogP contribution in [-0.2, 0) is 0 Å². The molecule has 3 heteroatoms.